The van der Waals surface area contributed by atoms with Gasteiger partial charge in [0, 0.05) is 31.6 Å². The second-order valence-corrected chi connectivity index (χ2v) is 6.04. The summed E-state index contributed by atoms with van der Waals surface area (Å²) in [5, 5.41) is 0. The van der Waals surface area contributed by atoms with Crippen LogP contribution in [0, 0.1) is 5.92 Å². The number of alkyl halides is 1. The fourth-order valence-corrected chi connectivity index (χ4v) is 3.84. The molecule has 3 nitrogen and oxygen atoms in total. The van der Waals surface area contributed by atoms with E-state index < -0.39 is 8.80 Å². The molecular weight excluding hydrogens is 220 g/mol. The van der Waals surface area contributed by atoms with Gasteiger partial charge in [0.15, 0.2) is 0 Å². The molecule has 0 atom stereocenters. The zero-order chi connectivity index (χ0) is 10.4. The van der Waals surface area contributed by atoms with Crippen molar-refractivity contribution in [3.8, 4) is 0 Å². The monoisotopic (exact) mass is 236 g/mol. The highest BCUT2D eigenvalue weighted by atomic mass is 35.5. The van der Waals surface area contributed by atoms with Crippen LogP contribution in [0.4, 0.5) is 0 Å². The third-order valence-electron chi connectivity index (χ3n) is 1.89. The van der Waals surface area contributed by atoms with Crippen LogP contribution in [0.25, 0.3) is 0 Å². The molecule has 0 aromatic carbocycles. The van der Waals surface area contributed by atoms with Crippen LogP contribution in [-0.4, -0.2) is 34.5 Å². The predicted molar refractivity (Wildman–Crippen MR) is 58.3 cm³/mol. The molecule has 0 radical (unpaired) electrons. The average Bonchev–Trinajstić information content (AvgIpc) is 2.20. The van der Waals surface area contributed by atoms with Crippen LogP contribution < -0.4 is 0 Å². The molecule has 1 heterocycles. The summed E-state index contributed by atoms with van der Waals surface area (Å²) in [6.07, 6.45) is 1.83. The summed E-state index contributed by atoms with van der Waals surface area (Å²) in [4.78, 5) is 0. The molecule has 0 aromatic rings. The van der Waals surface area contributed by atoms with Gasteiger partial charge in [-0.05, 0) is 12.6 Å². The topological polar surface area (TPSA) is 27.7 Å². The van der Waals surface area contributed by atoms with Crippen molar-refractivity contribution in [1.29, 1.82) is 0 Å². The maximum absolute atomic E-state index is 5.67. The van der Waals surface area contributed by atoms with Crippen LogP contribution in [0.3, 0.4) is 0 Å². The van der Waals surface area contributed by atoms with Gasteiger partial charge in [0.2, 0.25) is 0 Å². The van der Waals surface area contributed by atoms with Gasteiger partial charge in [0.1, 0.15) is 0 Å². The highest BCUT2D eigenvalue weighted by Crippen LogP contribution is 2.20. The second-order valence-electron chi connectivity index (χ2n) is 3.32. The fourth-order valence-electron chi connectivity index (χ4n) is 1.22. The molecule has 1 aliphatic heterocycles. The first-order valence-electron chi connectivity index (χ1n) is 4.88. The first-order valence-corrected chi connectivity index (χ1v) is 7.21. The molecule has 82 valence electrons. The Balaban J connectivity index is 2.57. The van der Waals surface area contributed by atoms with Crippen LogP contribution in [0.2, 0.25) is 0 Å². The molecule has 1 rings (SSSR count). The summed E-state index contributed by atoms with van der Waals surface area (Å²) >= 11 is 5.58. The summed E-state index contributed by atoms with van der Waals surface area (Å²) in [5.74, 6) is 0.907. The standard InChI is InChI=1S/C9H17ClO3Si/c1-3-11-14(6-4-5-10)12-7-9(2)8-13-14/h4,6,9H,3,5,7-8H2,1-2H3. The maximum Gasteiger partial charge on any atom is 0.529 e. The maximum atomic E-state index is 5.67. The minimum Gasteiger partial charge on any atom is -0.371 e. The smallest absolute Gasteiger partial charge is 0.371 e. The first-order chi connectivity index (χ1) is 6.72. The molecule has 1 aliphatic rings. The number of rotatable bonds is 4. The van der Waals surface area contributed by atoms with Crippen LogP contribution in [0.5, 0.6) is 0 Å². The Bertz CT molecular complexity index is 190. The summed E-state index contributed by atoms with van der Waals surface area (Å²) in [6.45, 7) is 6.05. The van der Waals surface area contributed by atoms with Crippen LogP contribution in [-0.2, 0) is 13.3 Å². The van der Waals surface area contributed by atoms with Gasteiger partial charge in [0.05, 0.1) is 0 Å². The van der Waals surface area contributed by atoms with Crippen LogP contribution >= 0.6 is 11.6 Å². The zero-order valence-corrected chi connectivity index (χ0v) is 10.4. The lowest BCUT2D eigenvalue weighted by atomic mass is 10.2. The zero-order valence-electron chi connectivity index (χ0n) is 8.66. The molecular formula is C9H17ClO3Si. The number of hydrogen-bond acceptors (Lipinski definition) is 3. The third kappa shape index (κ3) is 3.36. The minimum atomic E-state index is -2.51. The number of halogens is 1. The lowest BCUT2D eigenvalue weighted by Crippen LogP contribution is -2.50. The van der Waals surface area contributed by atoms with Crippen molar-refractivity contribution in [2.45, 2.75) is 13.8 Å². The van der Waals surface area contributed by atoms with E-state index in [9.17, 15) is 0 Å². The first kappa shape index (κ1) is 12.2. The van der Waals surface area contributed by atoms with E-state index in [0.717, 1.165) is 0 Å². The molecule has 0 unspecified atom stereocenters. The van der Waals surface area contributed by atoms with Gasteiger partial charge in [-0.2, -0.15) is 0 Å². The lowest BCUT2D eigenvalue weighted by Gasteiger charge is -2.33. The molecule has 0 spiro atoms. The van der Waals surface area contributed by atoms with E-state index in [1.807, 2.05) is 18.7 Å². The largest absolute Gasteiger partial charge is 0.529 e. The molecule has 0 bridgehead atoms. The third-order valence-corrected chi connectivity index (χ3v) is 4.55. The average molecular weight is 237 g/mol. The Morgan fingerprint density at radius 2 is 2.14 bits per heavy atom. The quantitative estimate of drug-likeness (QED) is 0.552. The van der Waals surface area contributed by atoms with E-state index in [0.29, 0.717) is 31.6 Å². The van der Waals surface area contributed by atoms with Gasteiger partial charge in [0.25, 0.3) is 0 Å². The molecule has 0 N–H and O–H groups in total. The highest BCUT2D eigenvalue weighted by molar-refractivity contribution is 6.66. The molecule has 1 fully saturated rings. The van der Waals surface area contributed by atoms with Crippen LogP contribution in [0.1, 0.15) is 13.8 Å². The number of allylic oxidation sites excluding steroid dienone is 1. The van der Waals surface area contributed by atoms with Gasteiger partial charge in [-0.1, -0.05) is 13.0 Å². The fraction of sp³-hybridized carbons (Fsp3) is 0.778. The normalized spacial score (nSPS) is 33.8. The van der Waals surface area contributed by atoms with Crippen molar-refractivity contribution in [2.75, 3.05) is 25.7 Å². The Labute approximate surface area is 91.4 Å². The molecule has 14 heavy (non-hydrogen) atoms. The second kappa shape index (κ2) is 5.88. The van der Waals surface area contributed by atoms with Crippen molar-refractivity contribution in [3.63, 3.8) is 0 Å². The molecule has 0 aliphatic carbocycles. The van der Waals surface area contributed by atoms with Gasteiger partial charge < -0.3 is 13.3 Å². The molecule has 0 amide bonds. The Morgan fingerprint density at radius 3 is 2.64 bits per heavy atom. The van der Waals surface area contributed by atoms with Gasteiger partial charge in [-0.3, -0.25) is 0 Å². The summed E-state index contributed by atoms with van der Waals surface area (Å²) in [5.41, 5.74) is 1.87. The van der Waals surface area contributed by atoms with E-state index in [2.05, 4.69) is 6.92 Å². The van der Waals surface area contributed by atoms with Gasteiger partial charge >= 0.3 is 8.80 Å². The van der Waals surface area contributed by atoms with Crippen molar-refractivity contribution < 1.29 is 13.3 Å². The van der Waals surface area contributed by atoms with Gasteiger partial charge in [-0.15, -0.1) is 11.6 Å². The van der Waals surface area contributed by atoms with Gasteiger partial charge in [-0.25, -0.2) is 0 Å². The van der Waals surface area contributed by atoms with E-state index in [-0.39, 0.29) is 0 Å². The van der Waals surface area contributed by atoms with Crippen molar-refractivity contribution in [2.24, 2.45) is 5.92 Å². The molecule has 1 saturated heterocycles. The van der Waals surface area contributed by atoms with E-state index in [1.54, 1.807) is 0 Å². The van der Waals surface area contributed by atoms with Crippen molar-refractivity contribution in [3.05, 3.63) is 11.8 Å². The van der Waals surface area contributed by atoms with Crippen molar-refractivity contribution in [1.82, 2.24) is 0 Å². The summed E-state index contributed by atoms with van der Waals surface area (Å²) < 4.78 is 16.9. The van der Waals surface area contributed by atoms with E-state index in [1.165, 1.54) is 0 Å². The van der Waals surface area contributed by atoms with E-state index in [4.69, 9.17) is 24.9 Å². The highest BCUT2D eigenvalue weighted by Gasteiger charge is 2.41. The van der Waals surface area contributed by atoms with Crippen molar-refractivity contribution >= 4 is 20.4 Å². The summed E-state index contributed by atoms with van der Waals surface area (Å²) in [6, 6.07) is 0. The van der Waals surface area contributed by atoms with Crippen LogP contribution in [0.15, 0.2) is 11.8 Å². The Hall–Kier alpha value is 0.127. The lowest BCUT2D eigenvalue weighted by molar-refractivity contribution is 0.00747. The Kier molecular flexibility index (Phi) is 5.12. The van der Waals surface area contributed by atoms with E-state index >= 15 is 0 Å². The molecule has 5 heteroatoms. The predicted octanol–water partition coefficient (Wildman–Crippen LogP) is 1.98. The SMILES string of the molecule is CCO[Si]1(C=CCCl)OCC(C)CO1. The summed E-state index contributed by atoms with van der Waals surface area (Å²) in [7, 11) is -2.51. The number of hydrogen-bond donors (Lipinski definition) is 0. The molecule has 0 aromatic heterocycles. The minimum absolute atomic E-state index is 0.445. The molecule has 0 saturated carbocycles. The Morgan fingerprint density at radius 1 is 1.50 bits per heavy atom.